The maximum absolute atomic E-state index is 8.74. The summed E-state index contributed by atoms with van der Waals surface area (Å²) < 4.78 is 40.0. The van der Waals surface area contributed by atoms with Crippen LogP contribution < -0.4 is 0 Å². The molecule has 0 unspecified atom stereocenters. The molecule has 0 aromatic heterocycles. The van der Waals surface area contributed by atoms with Crippen molar-refractivity contribution in [1.29, 1.82) is 0 Å². The van der Waals surface area contributed by atoms with Gasteiger partial charge in [-0.3, -0.25) is 9.11 Å². The van der Waals surface area contributed by atoms with Gasteiger partial charge in [0, 0.05) is 0 Å². The quantitative estimate of drug-likeness (QED) is 0.378. The average Bonchev–Trinajstić information content (AvgIpc) is 1.36. The molecule has 0 aliphatic heterocycles. The van der Waals surface area contributed by atoms with Gasteiger partial charge < -0.3 is 0 Å². The summed E-state index contributed by atoms with van der Waals surface area (Å²) in [6.45, 7) is 0. The zero-order valence-corrected chi connectivity index (χ0v) is 7.02. The second-order valence-corrected chi connectivity index (χ2v) is 1.34. The van der Waals surface area contributed by atoms with E-state index < -0.39 is 10.4 Å². The number of hydrogen-bond acceptors (Lipinski definition) is 3. The van der Waals surface area contributed by atoms with Gasteiger partial charge in [-0.25, -0.2) is 0 Å². The molecule has 0 fully saturated rings. The molecule has 5 nitrogen and oxygen atoms in total. The fourth-order valence-corrected chi connectivity index (χ4v) is 0. The van der Waals surface area contributed by atoms with Gasteiger partial charge in [-0.1, -0.05) is 0 Å². The fourth-order valence-electron chi connectivity index (χ4n) is 0. The van der Waals surface area contributed by atoms with Crippen molar-refractivity contribution < 1.29 is 21.1 Å². The Labute approximate surface area is 75.4 Å². The molecule has 0 spiro atoms. The molecule has 0 heterocycles. The van der Waals surface area contributed by atoms with Crippen LogP contribution in [0.5, 0.6) is 0 Å². The van der Waals surface area contributed by atoms with E-state index in [0.29, 0.717) is 0 Å². The van der Waals surface area contributed by atoms with Crippen molar-refractivity contribution in [3.05, 3.63) is 0 Å². The Hall–Kier alpha value is 1.18. The average molecular weight is 303 g/mol. The summed E-state index contributed by atoms with van der Waals surface area (Å²) in [6, 6.07) is 0. The first kappa shape index (κ1) is 16.1. The van der Waals surface area contributed by atoms with Crippen molar-refractivity contribution in [1.82, 2.24) is 0 Å². The fraction of sp³-hybridized carbons (Fsp3) is 0. The van der Waals surface area contributed by atoms with Gasteiger partial charge in [-0.05, 0) is 0 Å². The molecule has 0 aliphatic rings. The van der Waals surface area contributed by atoms with Crippen molar-refractivity contribution >= 4 is 54.8 Å². The van der Waals surface area contributed by atoms with Gasteiger partial charge >= 0.3 is 58.3 Å². The monoisotopic (exact) mass is 302 g/mol. The molecule has 0 aliphatic carbocycles. The first-order valence-electron chi connectivity index (χ1n) is 0.987. The van der Waals surface area contributed by atoms with Gasteiger partial charge in [0.15, 0.2) is 0 Å². The summed E-state index contributed by atoms with van der Waals surface area (Å²) in [4.78, 5) is 0. The third-order valence-corrected chi connectivity index (χ3v) is 0. The molecule has 0 rings (SSSR count). The van der Waals surface area contributed by atoms with Crippen LogP contribution in [-0.4, -0.2) is 61.9 Å². The maximum atomic E-state index is 8.74. The van der Waals surface area contributed by atoms with Crippen molar-refractivity contribution in [2.45, 2.75) is 0 Å². The van der Waals surface area contributed by atoms with Crippen LogP contribution in [0.3, 0.4) is 0 Å². The third kappa shape index (κ3) is 198. The summed E-state index contributed by atoms with van der Waals surface area (Å²) in [5.41, 5.74) is 0. The van der Waals surface area contributed by atoms with Crippen molar-refractivity contribution in [3.63, 3.8) is 0 Å². The van der Waals surface area contributed by atoms with E-state index in [1.807, 2.05) is 0 Å². The molecule has 0 saturated heterocycles. The molecule has 0 bridgehead atoms. The SMILES string of the molecule is O=S(=O)(O)O.[InH3].[O]=[GaH]. The van der Waals surface area contributed by atoms with Gasteiger partial charge in [-0.2, -0.15) is 8.42 Å². The third-order valence-electron chi connectivity index (χ3n) is 0. The van der Waals surface area contributed by atoms with Crippen molar-refractivity contribution in [2.24, 2.45) is 0 Å². The van der Waals surface area contributed by atoms with E-state index in [9.17, 15) is 0 Å². The van der Waals surface area contributed by atoms with Gasteiger partial charge in [-0.15, -0.1) is 0 Å². The normalized spacial score (nSPS) is 7.62. The first-order valence-corrected chi connectivity index (χ1v) is 3.60. The molecule has 8 heteroatoms. The van der Waals surface area contributed by atoms with Crippen molar-refractivity contribution in [3.8, 4) is 0 Å². The second kappa shape index (κ2) is 8.18. The van der Waals surface area contributed by atoms with Gasteiger partial charge in [0.1, 0.15) is 0 Å². The van der Waals surface area contributed by atoms with Crippen LogP contribution in [0.4, 0.5) is 0 Å². The number of rotatable bonds is 0. The standard InChI is InChI=1S/Ga.In.H2O4S.O.4H/c;;1-5(2,3)4;;;;;/h;;(H2,1,2,3,4);;;;;. The van der Waals surface area contributed by atoms with E-state index in [0.717, 1.165) is 0 Å². The van der Waals surface area contributed by atoms with E-state index in [-0.39, 0.29) is 44.4 Å². The topological polar surface area (TPSA) is 91.7 Å². The summed E-state index contributed by atoms with van der Waals surface area (Å²) in [5, 5.41) is 0. The zero-order valence-electron chi connectivity index (χ0n) is 3.23. The zero-order chi connectivity index (χ0) is 6.50. The molecule has 48 valence electrons. The molecule has 0 aromatic rings. The minimum atomic E-state index is -4.67. The summed E-state index contributed by atoms with van der Waals surface area (Å²) in [7, 11) is -4.67. The van der Waals surface area contributed by atoms with Crippen molar-refractivity contribution in [2.75, 3.05) is 0 Å². The Kier molecular flexibility index (Phi) is 16.4. The Morgan fingerprint density at radius 2 is 1.12 bits per heavy atom. The van der Waals surface area contributed by atoms with Crippen LogP contribution in [0.2, 0.25) is 0 Å². The Morgan fingerprint density at radius 1 is 1.12 bits per heavy atom. The van der Waals surface area contributed by atoms with Crippen LogP contribution >= 0.6 is 0 Å². The van der Waals surface area contributed by atoms with Crippen LogP contribution in [0.15, 0.2) is 0 Å². The van der Waals surface area contributed by atoms with Crippen LogP contribution in [0.1, 0.15) is 0 Å². The van der Waals surface area contributed by atoms with E-state index in [1.165, 1.54) is 0 Å². The van der Waals surface area contributed by atoms with E-state index in [1.54, 1.807) is 0 Å². The van der Waals surface area contributed by atoms with Crippen LogP contribution in [0.25, 0.3) is 0 Å². The Balaban J connectivity index is -0.0000000750. The molecule has 2 N–H and O–H groups in total. The van der Waals surface area contributed by atoms with E-state index in [2.05, 4.69) is 0 Å². The molecule has 0 aromatic carbocycles. The predicted molar refractivity (Wildman–Crippen MR) is 32.0 cm³/mol. The molecule has 0 amide bonds. The Morgan fingerprint density at radius 3 is 1.12 bits per heavy atom. The first-order chi connectivity index (χ1) is 3.00. The minimum absolute atomic E-state index is 0. The molecule has 0 radical (unpaired) electrons. The summed E-state index contributed by atoms with van der Waals surface area (Å²) in [5.74, 6) is 0. The summed E-state index contributed by atoms with van der Waals surface area (Å²) in [6.07, 6.45) is 0. The molecule has 0 saturated carbocycles. The predicted octanol–water partition coefficient (Wildman–Crippen LogP) is -2.60. The second-order valence-electron chi connectivity index (χ2n) is 0.448. The van der Waals surface area contributed by atoms with E-state index in [4.69, 9.17) is 21.1 Å². The van der Waals surface area contributed by atoms with Gasteiger partial charge in [0.2, 0.25) is 0 Å². The number of hydrogen-bond donors (Lipinski definition) is 2. The van der Waals surface area contributed by atoms with Gasteiger partial charge in [0.25, 0.3) is 0 Å². The molecule has 0 atom stereocenters. The molecular formula is H6GaInO5S. The summed E-state index contributed by atoms with van der Waals surface area (Å²) >= 11 is 0.125. The molecule has 8 heavy (non-hydrogen) atoms. The molecular weight excluding hydrogens is 297 g/mol. The van der Waals surface area contributed by atoms with Gasteiger partial charge in [0.05, 0.1) is 0 Å². The Bertz CT molecular complexity index is 106. The van der Waals surface area contributed by atoms with E-state index >= 15 is 0 Å². The van der Waals surface area contributed by atoms with Crippen LogP contribution in [-0.2, 0) is 13.9 Å². The van der Waals surface area contributed by atoms with Crippen LogP contribution in [0, 0.1) is 0 Å².